The quantitative estimate of drug-likeness (QED) is 0.123. The lowest BCUT2D eigenvalue weighted by Gasteiger charge is -2.19. The van der Waals surface area contributed by atoms with Crippen molar-refractivity contribution >= 4 is 14.2 Å². The Hall–Kier alpha value is -1.15. The van der Waals surface area contributed by atoms with Crippen molar-refractivity contribution in [3.8, 4) is 0 Å². The second-order valence-corrected chi connectivity index (χ2v) is 11.7. The maximum atomic E-state index is 14.4. The van der Waals surface area contributed by atoms with Crippen LogP contribution >= 0.6 is 8.38 Å². The second-order valence-electron chi connectivity index (χ2n) is 10.3. The minimum atomic E-state index is -3.25. The van der Waals surface area contributed by atoms with Crippen LogP contribution in [-0.4, -0.2) is 39.2 Å². The van der Waals surface area contributed by atoms with Crippen LogP contribution in [0.25, 0.3) is 0 Å². The van der Waals surface area contributed by atoms with Crippen molar-refractivity contribution in [1.29, 1.82) is 0 Å². The number of nitrogens with zero attached hydrogens (tertiary/aromatic N) is 2. The van der Waals surface area contributed by atoms with E-state index in [1.54, 1.807) is 0 Å². The number of aromatic nitrogens is 2. The Morgan fingerprint density at radius 1 is 1.03 bits per heavy atom. The molecule has 1 aromatic rings. The minimum absolute atomic E-state index is 0.0394. The van der Waals surface area contributed by atoms with Crippen LogP contribution in [0.3, 0.4) is 0 Å². The van der Waals surface area contributed by atoms with Crippen LogP contribution < -0.4 is 11.4 Å². The van der Waals surface area contributed by atoms with Gasteiger partial charge in [0.05, 0.1) is 12.7 Å². The molecule has 7 nitrogen and oxygen atoms in total. The van der Waals surface area contributed by atoms with Gasteiger partial charge in [-0.15, -0.1) is 0 Å². The number of anilines is 1. The molecule has 0 spiro atoms. The lowest BCUT2D eigenvalue weighted by atomic mass is 10.0. The summed E-state index contributed by atoms with van der Waals surface area (Å²) in [5.41, 5.74) is 4.53. The van der Waals surface area contributed by atoms with Gasteiger partial charge in [-0.3, -0.25) is 4.57 Å². The highest BCUT2D eigenvalue weighted by atomic mass is 31.2. The first kappa shape index (κ1) is 32.1. The molecule has 2 heterocycles. The predicted molar refractivity (Wildman–Crippen MR) is 146 cm³/mol. The Bertz CT molecular complexity index is 799. The topological polar surface area (TPSA) is 99.6 Å². The highest BCUT2D eigenvalue weighted by Gasteiger charge is 2.52. The number of unbranched alkanes of at least 4 members (excludes halogenated alkanes) is 15. The van der Waals surface area contributed by atoms with Crippen molar-refractivity contribution in [1.82, 2.24) is 9.55 Å². The molecule has 2 rings (SSSR count). The van der Waals surface area contributed by atoms with E-state index in [4.69, 9.17) is 15.0 Å². The lowest BCUT2D eigenvalue weighted by Crippen LogP contribution is -2.35. The number of nitrogen functional groups attached to an aromatic ring is 1. The van der Waals surface area contributed by atoms with E-state index in [1.165, 1.54) is 89.5 Å². The summed E-state index contributed by atoms with van der Waals surface area (Å²) < 4.78 is 40.4. The Balaban J connectivity index is 1.44. The van der Waals surface area contributed by atoms with Gasteiger partial charge in [0.15, 0.2) is 8.38 Å². The highest BCUT2D eigenvalue weighted by molar-refractivity contribution is 7.46. The molecular weight excluding hydrogens is 499 g/mol. The zero-order valence-corrected chi connectivity index (χ0v) is 23.5. The molecule has 0 saturated carbocycles. The van der Waals surface area contributed by atoms with Gasteiger partial charge in [0.2, 0.25) is 6.23 Å². The third-order valence-corrected chi connectivity index (χ3v) is 8.04. The van der Waals surface area contributed by atoms with E-state index in [1.807, 2.05) is 0 Å². The molecule has 214 valence electrons. The Morgan fingerprint density at radius 3 is 2.05 bits per heavy atom. The lowest BCUT2D eigenvalue weighted by molar-refractivity contribution is -0.119. The molecule has 3 unspecified atom stereocenters. The summed E-state index contributed by atoms with van der Waals surface area (Å²) in [6.45, 7) is 2.12. The minimum Gasteiger partial charge on any atom is -0.383 e. The van der Waals surface area contributed by atoms with Crippen LogP contribution in [0.15, 0.2) is 17.1 Å². The van der Waals surface area contributed by atoms with Crippen molar-refractivity contribution in [3.63, 3.8) is 0 Å². The number of rotatable bonds is 21. The summed E-state index contributed by atoms with van der Waals surface area (Å²) >= 11 is 0. The van der Waals surface area contributed by atoms with Crippen molar-refractivity contribution in [2.75, 3.05) is 18.5 Å². The summed E-state index contributed by atoms with van der Waals surface area (Å²) in [5.74, 6) is -3.29. The van der Waals surface area contributed by atoms with Crippen LogP contribution in [0.5, 0.6) is 0 Å². The van der Waals surface area contributed by atoms with Gasteiger partial charge in [0, 0.05) is 18.8 Å². The number of halogens is 2. The first-order valence-corrected chi connectivity index (χ1v) is 15.7. The fraction of sp³-hybridized carbons (Fsp3) is 0.852. The van der Waals surface area contributed by atoms with Crippen LogP contribution in [-0.2, 0) is 9.26 Å². The first-order chi connectivity index (χ1) is 17.8. The van der Waals surface area contributed by atoms with E-state index in [-0.39, 0.29) is 12.4 Å². The Labute approximate surface area is 222 Å². The van der Waals surface area contributed by atoms with Gasteiger partial charge in [-0.2, -0.15) is 4.98 Å². The average molecular weight is 548 g/mol. The summed E-state index contributed by atoms with van der Waals surface area (Å²) in [5, 5.41) is 0. The molecule has 0 amide bonds. The van der Waals surface area contributed by atoms with E-state index < -0.39 is 38.7 Å². The van der Waals surface area contributed by atoms with Gasteiger partial charge < -0.3 is 19.9 Å². The molecule has 0 aliphatic carbocycles. The molecule has 1 aliphatic rings. The number of ether oxygens (including phenoxy) is 1. The molecule has 1 aliphatic heterocycles. The van der Waals surface area contributed by atoms with Crippen LogP contribution in [0.1, 0.15) is 122 Å². The normalized spacial score (nSPS) is 19.9. The average Bonchev–Trinajstić information content (AvgIpc) is 3.16. The number of alkyl halides is 2. The number of hydrogen-bond acceptors (Lipinski definition) is 6. The summed E-state index contributed by atoms with van der Waals surface area (Å²) in [6, 6.07) is 1.27. The van der Waals surface area contributed by atoms with Gasteiger partial charge in [-0.25, -0.2) is 13.6 Å². The molecular formula is C27H48F2N3O4P. The summed E-state index contributed by atoms with van der Waals surface area (Å²) in [6.07, 6.45) is 19.0. The summed E-state index contributed by atoms with van der Waals surface area (Å²) in [7, 11) is -1.67. The fourth-order valence-electron chi connectivity index (χ4n) is 4.73. The molecule has 3 N–H and O–H groups in total. The van der Waals surface area contributed by atoms with E-state index >= 15 is 0 Å². The smallest absolute Gasteiger partial charge is 0.351 e. The van der Waals surface area contributed by atoms with Gasteiger partial charge >= 0.3 is 5.69 Å². The van der Waals surface area contributed by atoms with Gasteiger partial charge in [0.25, 0.3) is 5.92 Å². The van der Waals surface area contributed by atoms with Crippen LogP contribution in [0.4, 0.5) is 14.6 Å². The van der Waals surface area contributed by atoms with Gasteiger partial charge in [-0.05, 0) is 12.5 Å². The molecule has 0 radical (unpaired) electrons. The highest BCUT2D eigenvalue weighted by Crippen LogP contribution is 2.43. The molecule has 10 heteroatoms. The maximum Gasteiger partial charge on any atom is 0.351 e. The third-order valence-electron chi connectivity index (χ3n) is 6.90. The molecule has 0 aromatic carbocycles. The van der Waals surface area contributed by atoms with E-state index in [2.05, 4.69) is 11.9 Å². The van der Waals surface area contributed by atoms with Gasteiger partial charge in [-0.1, -0.05) is 103 Å². The molecule has 1 saturated heterocycles. The fourth-order valence-corrected chi connectivity index (χ4v) is 5.70. The van der Waals surface area contributed by atoms with Crippen LogP contribution in [0.2, 0.25) is 0 Å². The van der Waals surface area contributed by atoms with E-state index in [9.17, 15) is 18.5 Å². The Kier molecular flexibility index (Phi) is 15.8. The standard InChI is InChI=1S/C27H48F2N3O4P/c1-2-3-4-5-6-7-8-9-10-11-12-13-14-15-16-17-20-37(34)35-22-23-21-27(28,29)25(36-23)32-19-18-24(30)31-26(32)33/h18-19,23,25,34H,2-17,20-22H2,1H3,(H2,30,31,33). The van der Waals surface area contributed by atoms with Crippen molar-refractivity contribution < 1.29 is 22.9 Å². The first-order valence-electron chi connectivity index (χ1n) is 14.3. The maximum absolute atomic E-state index is 14.4. The second kappa shape index (κ2) is 18.2. The number of nitrogens with two attached hydrogens (primary N) is 1. The SMILES string of the molecule is CCCCCCCCCCCCCCCCCCP(O)OCC1CC(F)(F)C(n2ccc(N)nc2=O)O1. The molecule has 1 fully saturated rings. The zero-order chi connectivity index (χ0) is 26.9. The van der Waals surface area contributed by atoms with E-state index in [0.29, 0.717) is 6.16 Å². The molecule has 37 heavy (non-hydrogen) atoms. The van der Waals surface area contributed by atoms with Crippen molar-refractivity contribution in [2.45, 2.75) is 134 Å². The summed E-state index contributed by atoms with van der Waals surface area (Å²) in [4.78, 5) is 25.5. The monoisotopic (exact) mass is 547 g/mol. The number of hydrogen-bond donors (Lipinski definition) is 2. The Morgan fingerprint density at radius 2 is 1.54 bits per heavy atom. The van der Waals surface area contributed by atoms with Crippen molar-refractivity contribution in [3.05, 3.63) is 22.7 Å². The molecule has 1 aromatic heterocycles. The molecule has 3 atom stereocenters. The largest absolute Gasteiger partial charge is 0.383 e. The zero-order valence-electron chi connectivity index (χ0n) is 22.6. The van der Waals surface area contributed by atoms with Crippen molar-refractivity contribution in [2.24, 2.45) is 0 Å². The third kappa shape index (κ3) is 13.0. The van der Waals surface area contributed by atoms with Gasteiger partial charge in [0.1, 0.15) is 5.82 Å². The van der Waals surface area contributed by atoms with E-state index in [0.717, 1.165) is 30.0 Å². The predicted octanol–water partition coefficient (Wildman–Crippen LogP) is 7.33. The van der Waals surface area contributed by atoms with Crippen LogP contribution in [0, 0.1) is 0 Å². The molecule has 0 bridgehead atoms.